The zero-order chi connectivity index (χ0) is 13.7. The summed E-state index contributed by atoms with van der Waals surface area (Å²) in [6.07, 6.45) is 0.994. The van der Waals surface area contributed by atoms with Gasteiger partial charge in [0.05, 0.1) is 10.6 Å². The van der Waals surface area contributed by atoms with Gasteiger partial charge in [-0.3, -0.25) is 16.0 Å². The van der Waals surface area contributed by atoms with Crippen LogP contribution in [-0.2, 0) is 0 Å². The Bertz CT molecular complexity index is 421. The van der Waals surface area contributed by atoms with Crippen LogP contribution in [-0.4, -0.2) is 11.0 Å². The van der Waals surface area contributed by atoms with Crippen LogP contribution in [0.4, 0.5) is 17.1 Å². The van der Waals surface area contributed by atoms with Crippen LogP contribution in [0.15, 0.2) is 18.2 Å². The number of nitrogens with one attached hydrogen (secondary N) is 2. The van der Waals surface area contributed by atoms with Crippen molar-refractivity contribution < 1.29 is 4.92 Å². The maximum Gasteiger partial charge on any atom is 0.273 e. The number of anilines is 2. The Labute approximate surface area is 107 Å². The van der Waals surface area contributed by atoms with Crippen molar-refractivity contribution in [1.29, 1.82) is 0 Å². The highest BCUT2D eigenvalue weighted by atomic mass is 16.6. The van der Waals surface area contributed by atoms with E-state index in [0.29, 0.717) is 17.3 Å². The fourth-order valence-corrected chi connectivity index (χ4v) is 1.93. The van der Waals surface area contributed by atoms with Crippen LogP contribution in [0.3, 0.4) is 0 Å². The summed E-state index contributed by atoms with van der Waals surface area (Å²) in [5.74, 6) is 5.87. The summed E-state index contributed by atoms with van der Waals surface area (Å²) in [4.78, 5) is 10.4. The summed E-state index contributed by atoms with van der Waals surface area (Å²) in [5, 5.41) is 14.0. The summed E-state index contributed by atoms with van der Waals surface area (Å²) >= 11 is 0. The molecule has 100 valence electrons. The number of hydrazine groups is 1. The Morgan fingerprint density at radius 1 is 1.28 bits per heavy atom. The first-order valence-corrected chi connectivity index (χ1v) is 5.95. The summed E-state index contributed by atoms with van der Waals surface area (Å²) in [7, 11) is 0. The molecule has 1 aromatic carbocycles. The normalized spacial score (nSPS) is 12.3. The first kappa shape index (κ1) is 14.2. The molecule has 0 aliphatic heterocycles. The summed E-state index contributed by atoms with van der Waals surface area (Å²) in [6, 6.07) is 4.91. The molecule has 0 fully saturated rings. The molecule has 4 N–H and O–H groups in total. The Kier molecular flexibility index (Phi) is 4.91. The second-order valence-electron chi connectivity index (χ2n) is 4.84. The average Bonchev–Trinajstić information content (AvgIpc) is 2.27. The SMILES string of the molecule is CC(C)CC(C)Nc1cc(NN)cc([N+](=O)[O-])c1. The van der Waals surface area contributed by atoms with Crippen LogP contribution in [0.2, 0.25) is 0 Å². The van der Waals surface area contributed by atoms with Crippen molar-refractivity contribution in [3.8, 4) is 0 Å². The fraction of sp³-hybridized carbons (Fsp3) is 0.500. The Morgan fingerprint density at radius 3 is 2.39 bits per heavy atom. The van der Waals surface area contributed by atoms with Crippen molar-refractivity contribution in [3.05, 3.63) is 28.3 Å². The van der Waals surface area contributed by atoms with Crippen molar-refractivity contribution in [2.45, 2.75) is 33.2 Å². The molecule has 0 radical (unpaired) electrons. The zero-order valence-corrected chi connectivity index (χ0v) is 10.9. The van der Waals surface area contributed by atoms with Crippen molar-refractivity contribution in [2.75, 3.05) is 10.7 Å². The molecule has 6 heteroatoms. The van der Waals surface area contributed by atoms with Gasteiger partial charge in [-0.25, -0.2) is 0 Å². The zero-order valence-electron chi connectivity index (χ0n) is 10.9. The van der Waals surface area contributed by atoms with Gasteiger partial charge in [0.15, 0.2) is 0 Å². The van der Waals surface area contributed by atoms with E-state index in [2.05, 4.69) is 24.6 Å². The lowest BCUT2D eigenvalue weighted by Crippen LogP contribution is -2.18. The lowest BCUT2D eigenvalue weighted by atomic mass is 10.0. The van der Waals surface area contributed by atoms with Crippen molar-refractivity contribution in [2.24, 2.45) is 11.8 Å². The average molecular weight is 252 g/mol. The number of non-ortho nitro benzene ring substituents is 1. The summed E-state index contributed by atoms with van der Waals surface area (Å²) < 4.78 is 0. The van der Waals surface area contributed by atoms with Crippen molar-refractivity contribution in [1.82, 2.24) is 0 Å². The highest BCUT2D eigenvalue weighted by Gasteiger charge is 2.11. The van der Waals surface area contributed by atoms with Gasteiger partial charge < -0.3 is 10.7 Å². The largest absolute Gasteiger partial charge is 0.382 e. The number of nitrogens with zero attached hydrogens (tertiary/aromatic N) is 1. The first-order valence-electron chi connectivity index (χ1n) is 5.95. The number of rotatable bonds is 6. The monoisotopic (exact) mass is 252 g/mol. The Hall–Kier alpha value is -1.82. The Balaban J connectivity index is 2.87. The predicted molar refractivity (Wildman–Crippen MR) is 73.4 cm³/mol. The second kappa shape index (κ2) is 6.20. The minimum absolute atomic E-state index is 0.0182. The molecule has 18 heavy (non-hydrogen) atoms. The molecule has 0 heterocycles. The van der Waals surface area contributed by atoms with Gasteiger partial charge >= 0.3 is 0 Å². The van der Waals surface area contributed by atoms with Gasteiger partial charge in [-0.05, 0) is 25.3 Å². The van der Waals surface area contributed by atoms with Crippen LogP contribution < -0.4 is 16.6 Å². The van der Waals surface area contributed by atoms with E-state index in [1.54, 1.807) is 6.07 Å². The van der Waals surface area contributed by atoms with E-state index in [1.807, 2.05) is 6.92 Å². The summed E-state index contributed by atoms with van der Waals surface area (Å²) in [6.45, 7) is 6.32. The number of nitrogens with two attached hydrogens (primary N) is 1. The third-order valence-electron chi connectivity index (χ3n) is 2.53. The van der Waals surface area contributed by atoms with Crippen LogP contribution in [0.5, 0.6) is 0 Å². The molecular weight excluding hydrogens is 232 g/mol. The number of nitrogen functional groups attached to an aromatic ring is 1. The highest BCUT2D eigenvalue weighted by Crippen LogP contribution is 2.24. The molecule has 0 bridgehead atoms. The maximum absolute atomic E-state index is 10.8. The fourth-order valence-electron chi connectivity index (χ4n) is 1.93. The van der Waals surface area contributed by atoms with E-state index in [4.69, 9.17) is 5.84 Å². The van der Waals surface area contributed by atoms with Crippen molar-refractivity contribution in [3.63, 3.8) is 0 Å². The smallest absolute Gasteiger partial charge is 0.273 e. The molecule has 0 spiro atoms. The third kappa shape index (κ3) is 4.21. The summed E-state index contributed by atoms with van der Waals surface area (Å²) in [5.41, 5.74) is 3.67. The lowest BCUT2D eigenvalue weighted by molar-refractivity contribution is -0.384. The van der Waals surface area contributed by atoms with Gasteiger partial charge in [0.25, 0.3) is 5.69 Å². The lowest BCUT2D eigenvalue weighted by Gasteiger charge is -2.17. The molecule has 1 aromatic rings. The topological polar surface area (TPSA) is 93.2 Å². The van der Waals surface area contributed by atoms with E-state index < -0.39 is 4.92 Å². The Morgan fingerprint density at radius 2 is 1.89 bits per heavy atom. The number of nitro benzene ring substituents is 1. The standard InChI is InChI=1S/C12H20N4O2/c1-8(2)4-9(3)14-10-5-11(15-13)7-12(6-10)16(17)18/h5-9,14-15H,4,13H2,1-3H3. The van der Waals surface area contributed by atoms with E-state index in [9.17, 15) is 10.1 Å². The number of nitro groups is 1. The van der Waals surface area contributed by atoms with Gasteiger partial charge in [0.1, 0.15) is 0 Å². The van der Waals surface area contributed by atoms with Gasteiger partial charge in [0.2, 0.25) is 0 Å². The maximum atomic E-state index is 10.8. The molecular formula is C12H20N4O2. The van der Waals surface area contributed by atoms with Gasteiger partial charge in [0, 0.05) is 23.9 Å². The van der Waals surface area contributed by atoms with Gasteiger partial charge in [-0.1, -0.05) is 13.8 Å². The molecule has 6 nitrogen and oxygen atoms in total. The third-order valence-corrected chi connectivity index (χ3v) is 2.53. The highest BCUT2D eigenvalue weighted by molar-refractivity contribution is 5.63. The van der Waals surface area contributed by atoms with Crippen molar-refractivity contribution >= 4 is 17.1 Å². The molecule has 0 saturated carbocycles. The molecule has 0 aliphatic carbocycles. The number of hydrogen-bond donors (Lipinski definition) is 3. The first-order chi connectivity index (χ1) is 8.42. The molecule has 1 unspecified atom stereocenters. The molecule has 0 saturated heterocycles. The van der Waals surface area contributed by atoms with Crippen LogP contribution >= 0.6 is 0 Å². The minimum Gasteiger partial charge on any atom is -0.382 e. The van der Waals surface area contributed by atoms with Gasteiger partial charge in [-0.2, -0.15) is 0 Å². The molecule has 1 rings (SSSR count). The van der Waals surface area contributed by atoms with E-state index in [-0.39, 0.29) is 11.7 Å². The minimum atomic E-state index is -0.431. The molecule has 0 aliphatic rings. The second-order valence-corrected chi connectivity index (χ2v) is 4.84. The van der Waals surface area contributed by atoms with Crippen LogP contribution in [0.1, 0.15) is 27.2 Å². The number of hydrogen-bond acceptors (Lipinski definition) is 5. The van der Waals surface area contributed by atoms with E-state index in [1.165, 1.54) is 12.1 Å². The molecule has 1 atom stereocenters. The van der Waals surface area contributed by atoms with Gasteiger partial charge in [-0.15, -0.1) is 0 Å². The quantitative estimate of drug-likeness (QED) is 0.411. The van der Waals surface area contributed by atoms with E-state index in [0.717, 1.165) is 6.42 Å². The van der Waals surface area contributed by atoms with Crippen LogP contribution in [0.25, 0.3) is 0 Å². The van der Waals surface area contributed by atoms with E-state index >= 15 is 0 Å². The van der Waals surface area contributed by atoms with Crippen LogP contribution in [0, 0.1) is 16.0 Å². The molecule has 0 amide bonds. The number of benzene rings is 1. The predicted octanol–water partition coefficient (Wildman–Crippen LogP) is 2.73. The molecule has 0 aromatic heterocycles.